The number of rotatable bonds is 7. The van der Waals surface area contributed by atoms with Gasteiger partial charge in [-0.1, -0.05) is 6.07 Å². The summed E-state index contributed by atoms with van der Waals surface area (Å²) in [6.07, 6.45) is 1.54. The second-order valence-electron chi connectivity index (χ2n) is 6.02. The van der Waals surface area contributed by atoms with Gasteiger partial charge in [-0.3, -0.25) is 0 Å². The van der Waals surface area contributed by atoms with Crippen LogP contribution in [0, 0.1) is 13.8 Å². The Hall–Kier alpha value is -2.37. The lowest BCUT2D eigenvalue weighted by Crippen LogP contribution is -2.30. The molecule has 0 saturated carbocycles. The van der Waals surface area contributed by atoms with E-state index in [0.717, 1.165) is 5.56 Å². The third-order valence-electron chi connectivity index (χ3n) is 4.04. The van der Waals surface area contributed by atoms with Gasteiger partial charge < -0.3 is 9.30 Å². The first kappa shape index (κ1) is 18.4. The molecule has 0 radical (unpaired) electrons. The van der Waals surface area contributed by atoms with Crippen molar-refractivity contribution in [3.63, 3.8) is 0 Å². The highest BCUT2D eigenvalue weighted by Gasteiger charge is 2.27. The summed E-state index contributed by atoms with van der Waals surface area (Å²) in [6, 6.07) is 1.14. The largest absolute Gasteiger partial charge is 0.383 e. The SMILES string of the molecule is COCCn1cnnc1[C@@H](C)NS(=O)(=O)c1c(C)cc(C)c2nonc12. The molecule has 0 unspecified atom stereocenters. The smallest absolute Gasteiger partial charge is 0.243 e. The predicted molar refractivity (Wildman–Crippen MR) is 91.9 cm³/mol. The number of sulfonamides is 1. The first-order valence-corrected chi connectivity index (χ1v) is 9.45. The Morgan fingerprint density at radius 1 is 1.27 bits per heavy atom. The van der Waals surface area contributed by atoms with Gasteiger partial charge in [0.2, 0.25) is 10.0 Å². The quantitative estimate of drug-likeness (QED) is 0.646. The van der Waals surface area contributed by atoms with Crippen LogP contribution in [-0.2, 0) is 21.3 Å². The minimum Gasteiger partial charge on any atom is -0.383 e. The number of benzene rings is 1. The van der Waals surface area contributed by atoms with E-state index < -0.39 is 16.1 Å². The molecule has 1 N–H and O–H groups in total. The summed E-state index contributed by atoms with van der Waals surface area (Å²) in [5.41, 5.74) is 1.99. The van der Waals surface area contributed by atoms with Gasteiger partial charge in [0.05, 0.1) is 12.6 Å². The fraction of sp³-hybridized carbons (Fsp3) is 0.467. The average Bonchev–Trinajstić information content (AvgIpc) is 3.21. The first-order chi connectivity index (χ1) is 12.3. The molecule has 0 fully saturated rings. The van der Waals surface area contributed by atoms with Gasteiger partial charge in [0.1, 0.15) is 16.7 Å². The number of fused-ring (bicyclic) bond motifs is 1. The van der Waals surface area contributed by atoms with E-state index in [1.54, 1.807) is 31.6 Å². The molecule has 0 spiro atoms. The number of methoxy groups -OCH3 is 1. The van der Waals surface area contributed by atoms with Crippen molar-refractivity contribution in [3.05, 3.63) is 29.3 Å². The molecule has 0 bridgehead atoms. The summed E-state index contributed by atoms with van der Waals surface area (Å²) in [7, 11) is -2.30. The lowest BCUT2D eigenvalue weighted by atomic mass is 10.1. The normalized spacial score (nSPS) is 13.4. The van der Waals surface area contributed by atoms with E-state index >= 15 is 0 Å². The molecule has 2 heterocycles. The fourth-order valence-electron chi connectivity index (χ4n) is 2.89. The van der Waals surface area contributed by atoms with Crippen LogP contribution in [0.5, 0.6) is 0 Å². The van der Waals surface area contributed by atoms with Crippen molar-refractivity contribution < 1.29 is 17.8 Å². The molecule has 140 valence electrons. The maximum Gasteiger partial charge on any atom is 0.243 e. The Morgan fingerprint density at radius 2 is 2.00 bits per heavy atom. The number of ether oxygens (including phenoxy) is 1. The van der Waals surface area contributed by atoms with E-state index in [-0.39, 0.29) is 10.4 Å². The van der Waals surface area contributed by atoms with Gasteiger partial charge in [-0.25, -0.2) is 17.8 Å². The van der Waals surface area contributed by atoms with Gasteiger partial charge in [-0.15, -0.1) is 10.2 Å². The zero-order valence-corrected chi connectivity index (χ0v) is 15.7. The Bertz CT molecular complexity index is 1030. The van der Waals surface area contributed by atoms with Crippen molar-refractivity contribution in [3.8, 4) is 0 Å². The molecule has 26 heavy (non-hydrogen) atoms. The van der Waals surface area contributed by atoms with Gasteiger partial charge in [-0.2, -0.15) is 0 Å². The molecule has 0 aliphatic carbocycles. The summed E-state index contributed by atoms with van der Waals surface area (Å²) in [6.45, 7) is 6.22. The van der Waals surface area contributed by atoms with Gasteiger partial charge in [0, 0.05) is 13.7 Å². The molecular weight excluding hydrogens is 360 g/mol. The molecule has 11 heteroatoms. The second-order valence-corrected chi connectivity index (χ2v) is 7.67. The van der Waals surface area contributed by atoms with Gasteiger partial charge in [0.15, 0.2) is 11.3 Å². The van der Waals surface area contributed by atoms with E-state index in [1.165, 1.54) is 6.33 Å². The van der Waals surface area contributed by atoms with Crippen LogP contribution in [0.1, 0.15) is 29.9 Å². The van der Waals surface area contributed by atoms with Crippen LogP contribution in [0.2, 0.25) is 0 Å². The van der Waals surface area contributed by atoms with Crippen LogP contribution in [0.15, 0.2) is 21.9 Å². The first-order valence-electron chi connectivity index (χ1n) is 7.96. The average molecular weight is 380 g/mol. The minimum atomic E-state index is -3.89. The number of nitrogens with one attached hydrogen (secondary N) is 1. The van der Waals surface area contributed by atoms with E-state index in [1.807, 2.05) is 6.92 Å². The lowest BCUT2D eigenvalue weighted by Gasteiger charge is -2.16. The number of aromatic nitrogens is 5. The van der Waals surface area contributed by atoms with E-state index in [2.05, 4.69) is 25.2 Å². The fourth-order valence-corrected chi connectivity index (χ4v) is 4.45. The Balaban J connectivity index is 1.95. The van der Waals surface area contributed by atoms with Crippen molar-refractivity contribution in [2.75, 3.05) is 13.7 Å². The Labute approximate surface area is 150 Å². The van der Waals surface area contributed by atoms with Gasteiger partial charge >= 0.3 is 0 Å². The van der Waals surface area contributed by atoms with Gasteiger partial charge in [0.25, 0.3) is 0 Å². The molecular formula is C15H20N6O4S. The topological polar surface area (TPSA) is 125 Å². The van der Waals surface area contributed by atoms with Crippen molar-refractivity contribution in [2.45, 2.75) is 38.3 Å². The third kappa shape index (κ3) is 3.32. The summed E-state index contributed by atoms with van der Waals surface area (Å²) >= 11 is 0. The van der Waals surface area contributed by atoms with E-state index in [9.17, 15) is 8.42 Å². The molecule has 0 aliphatic rings. The number of hydrogen-bond donors (Lipinski definition) is 1. The van der Waals surface area contributed by atoms with Crippen molar-refractivity contribution in [1.29, 1.82) is 0 Å². The number of aryl methyl sites for hydroxylation is 2. The monoisotopic (exact) mass is 380 g/mol. The molecule has 0 saturated heterocycles. The summed E-state index contributed by atoms with van der Waals surface area (Å²) in [5, 5.41) is 15.4. The summed E-state index contributed by atoms with van der Waals surface area (Å²) in [4.78, 5) is 0.0501. The van der Waals surface area contributed by atoms with Crippen molar-refractivity contribution >= 4 is 21.1 Å². The molecule has 3 aromatic rings. The highest BCUT2D eigenvalue weighted by molar-refractivity contribution is 7.89. The highest BCUT2D eigenvalue weighted by Crippen LogP contribution is 2.28. The molecule has 10 nitrogen and oxygen atoms in total. The van der Waals surface area contributed by atoms with Crippen molar-refractivity contribution in [1.82, 2.24) is 29.8 Å². The molecule has 1 atom stereocenters. The van der Waals surface area contributed by atoms with E-state index in [0.29, 0.717) is 30.1 Å². The van der Waals surface area contributed by atoms with Crippen LogP contribution >= 0.6 is 0 Å². The molecule has 0 amide bonds. The predicted octanol–water partition coefficient (Wildman–Crippen LogP) is 1.12. The zero-order valence-electron chi connectivity index (χ0n) is 14.9. The minimum absolute atomic E-state index is 0.0501. The molecule has 1 aromatic carbocycles. The Kier molecular flexibility index (Phi) is 5.03. The van der Waals surface area contributed by atoms with Crippen LogP contribution in [-0.4, -0.2) is 47.2 Å². The van der Waals surface area contributed by atoms with E-state index in [4.69, 9.17) is 9.37 Å². The van der Waals surface area contributed by atoms with Gasteiger partial charge in [-0.05, 0) is 42.2 Å². The summed E-state index contributed by atoms with van der Waals surface area (Å²) < 4.78 is 40.2. The summed E-state index contributed by atoms with van der Waals surface area (Å²) in [5.74, 6) is 0.491. The maximum absolute atomic E-state index is 13.0. The molecule has 2 aromatic heterocycles. The number of nitrogens with zero attached hydrogens (tertiary/aromatic N) is 5. The van der Waals surface area contributed by atoms with Crippen LogP contribution < -0.4 is 4.72 Å². The van der Waals surface area contributed by atoms with Crippen molar-refractivity contribution in [2.24, 2.45) is 0 Å². The lowest BCUT2D eigenvalue weighted by molar-refractivity contribution is 0.185. The van der Waals surface area contributed by atoms with Crippen LogP contribution in [0.25, 0.3) is 11.0 Å². The zero-order chi connectivity index (χ0) is 18.9. The third-order valence-corrected chi connectivity index (χ3v) is 5.75. The van der Waals surface area contributed by atoms with Crippen LogP contribution in [0.4, 0.5) is 0 Å². The highest BCUT2D eigenvalue weighted by atomic mass is 32.2. The second kappa shape index (κ2) is 7.09. The van der Waals surface area contributed by atoms with Crippen LogP contribution in [0.3, 0.4) is 0 Å². The molecule has 0 aliphatic heterocycles. The number of hydrogen-bond acceptors (Lipinski definition) is 8. The maximum atomic E-state index is 13.0. The molecule has 3 rings (SSSR count). The Morgan fingerprint density at radius 3 is 2.73 bits per heavy atom. The standard InChI is InChI=1S/C15H20N6O4S/c1-9-7-10(2)14(13-12(9)18-25-19-13)26(22,23)20-11(3)15-17-16-8-21(15)5-6-24-4/h7-8,11,20H,5-6H2,1-4H3/t11-/m1/s1.